The minimum absolute atomic E-state index is 0.870. The Labute approximate surface area is 61.1 Å². The smallest absolute Gasteiger partial charge is 0.315 e. The van der Waals surface area contributed by atoms with Crippen LogP contribution >= 0.6 is 34.8 Å². The van der Waals surface area contributed by atoms with Gasteiger partial charge in [0.2, 0.25) is 0 Å². The molecule has 0 saturated heterocycles. The van der Waals surface area contributed by atoms with Crippen LogP contribution in [0.1, 0.15) is 0 Å². The van der Waals surface area contributed by atoms with Crippen LogP contribution in [-0.4, -0.2) is 9.95 Å². The Morgan fingerprint density at radius 2 is 1.88 bits per heavy atom. The fraction of sp³-hybridized carbons (Fsp3) is 0.500. The number of nitrogens with two attached hydrogens (primary N) is 1. The number of hydrogen-bond donors (Lipinski definition) is 2. The Morgan fingerprint density at radius 3 is 1.88 bits per heavy atom. The molecule has 0 spiro atoms. The van der Waals surface area contributed by atoms with Gasteiger partial charge in [0.1, 0.15) is 0 Å². The van der Waals surface area contributed by atoms with Crippen molar-refractivity contribution >= 4 is 40.8 Å². The summed E-state index contributed by atoms with van der Waals surface area (Å²) in [6.45, 7) is 0. The number of carbonyl (C=O) groups is 1. The zero-order chi connectivity index (χ0) is 6.78. The maximum Gasteiger partial charge on any atom is 0.315 e. The molecule has 2 amide bonds. The van der Waals surface area contributed by atoms with Gasteiger partial charge in [0.05, 0.1) is 0 Å². The Kier molecular flexibility index (Phi) is 2.66. The van der Waals surface area contributed by atoms with Gasteiger partial charge in [0, 0.05) is 0 Å². The zero-order valence-corrected chi connectivity index (χ0v) is 5.89. The van der Waals surface area contributed by atoms with Gasteiger partial charge in [-0.25, -0.2) is 4.79 Å². The highest BCUT2D eigenvalue weighted by molar-refractivity contribution is 6.67. The quantitative estimate of drug-likeness (QED) is 0.421. The number of nitrogens with one attached hydrogen (secondary N) is 1. The van der Waals surface area contributed by atoms with Crippen LogP contribution in [0.2, 0.25) is 0 Å². The number of primary amides is 1. The van der Waals surface area contributed by atoms with Gasteiger partial charge in [0.25, 0.3) is 3.92 Å². The molecule has 3 N–H and O–H groups in total. The predicted octanol–water partition coefficient (Wildman–Crippen LogP) is 0.982. The van der Waals surface area contributed by atoms with E-state index in [2.05, 4.69) is 5.73 Å². The standard InChI is InChI=1S/C2H3Cl3N2O/c3-2(4,5)7-1(6)8/h(H3,6,7,8). The first-order valence-electron chi connectivity index (χ1n) is 1.56. The van der Waals surface area contributed by atoms with E-state index in [1.807, 2.05) is 5.32 Å². The van der Waals surface area contributed by atoms with Crippen molar-refractivity contribution in [3.05, 3.63) is 0 Å². The van der Waals surface area contributed by atoms with E-state index in [-0.39, 0.29) is 0 Å². The number of halogens is 3. The first kappa shape index (κ1) is 8.14. The van der Waals surface area contributed by atoms with E-state index in [4.69, 9.17) is 34.8 Å². The van der Waals surface area contributed by atoms with Gasteiger partial charge < -0.3 is 5.73 Å². The highest BCUT2D eigenvalue weighted by Crippen LogP contribution is 2.20. The Balaban J connectivity index is 3.55. The van der Waals surface area contributed by atoms with E-state index >= 15 is 0 Å². The van der Waals surface area contributed by atoms with Crippen LogP contribution in [0, 0.1) is 0 Å². The lowest BCUT2D eigenvalue weighted by molar-refractivity contribution is 0.249. The molecule has 0 rings (SSSR count). The summed E-state index contributed by atoms with van der Waals surface area (Å²) >= 11 is 15.1. The molecule has 0 heterocycles. The fourth-order valence-corrected chi connectivity index (χ4v) is 0.419. The summed E-state index contributed by atoms with van der Waals surface area (Å²) in [5.74, 6) is 0. The van der Waals surface area contributed by atoms with Crippen molar-refractivity contribution in [2.75, 3.05) is 0 Å². The van der Waals surface area contributed by atoms with Crippen molar-refractivity contribution in [2.24, 2.45) is 5.73 Å². The number of amides is 2. The van der Waals surface area contributed by atoms with Crippen LogP contribution < -0.4 is 11.1 Å². The average molecular weight is 177 g/mol. The second kappa shape index (κ2) is 2.62. The zero-order valence-electron chi connectivity index (χ0n) is 3.62. The lowest BCUT2D eigenvalue weighted by atomic mass is 11.0. The first-order valence-corrected chi connectivity index (χ1v) is 2.69. The van der Waals surface area contributed by atoms with E-state index in [1.165, 1.54) is 0 Å². The summed E-state index contributed by atoms with van der Waals surface area (Å²) in [6.07, 6.45) is 0. The van der Waals surface area contributed by atoms with Crippen molar-refractivity contribution in [1.82, 2.24) is 5.32 Å². The molecule has 3 nitrogen and oxygen atoms in total. The molecule has 0 aromatic heterocycles. The molecular formula is C2H3Cl3N2O. The average Bonchev–Trinajstić information content (AvgIpc) is 1.21. The van der Waals surface area contributed by atoms with Crippen LogP contribution in [0.4, 0.5) is 4.79 Å². The highest BCUT2D eigenvalue weighted by atomic mass is 35.6. The number of hydrogen-bond acceptors (Lipinski definition) is 1. The van der Waals surface area contributed by atoms with Crippen molar-refractivity contribution in [3.63, 3.8) is 0 Å². The summed E-state index contributed by atoms with van der Waals surface area (Å²) in [5, 5.41) is 1.82. The maximum absolute atomic E-state index is 9.87. The third-order valence-corrected chi connectivity index (χ3v) is 0.548. The SMILES string of the molecule is NC(=O)NC(Cl)(Cl)Cl. The topological polar surface area (TPSA) is 55.1 Å². The summed E-state index contributed by atoms with van der Waals surface area (Å²) in [5.41, 5.74) is 4.58. The van der Waals surface area contributed by atoms with Gasteiger partial charge in [-0.1, -0.05) is 34.8 Å². The Bertz CT molecular complexity index is 97.9. The molecule has 0 fully saturated rings. The Morgan fingerprint density at radius 1 is 1.50 bits per heavy atom. The normalized spacial score (nSPS) is 10.9. The molecule has 6 heteroatoms. The first-order chi connectivity index (χ1) is 3.42. The van der Waals surface area contributed by atoms with Crippen molar-refractivity contribution < 1.29 is 4.79 Å². The molecule has 0 aromatic rings. The van der Waals surface area contributed by atoms with Crippen molar-refractivity contribution in [1.29, 1.82) is 0 Å². The van der Waals surface area contributed by atoms with Gasteiger partial charge >= 0.3 is 6.03 Å². The Hall–Kier alpha value is 0.140. The molecule has 0 unspecified atom stereocenters. The molecule has 8 heavy (non-hydrogen) atoms. The molecule has 0 aromatic carbocycles. The largest absolute Gasteiger partial charge is 0.352 e. The second-order valence-corrected chi connectivity index (χ2v) is 3.27. The molecule has 0 radical (unpaired) electrons. The van der Waals surface area contributed by atoms with Crippen LogP contribution in [0.25, 0.3) is 0 Å². The van der Waals surface area contributed by atoms with Crippen LogP contribution in [-0.2, 0) is 0 Å². The van der Waals surface area contributed by atoms with Crippen molar-refractivity contribution in [2.45, 2.75) is 3.92 Å². The predicted molar refractivity (Wildman–Crippen MR) is 33.0 cm³/mol. The minimum Gasteiger partial charge on any atom is -0.352 e. The summed E-state index contributed by atoms with van der Waals surface area (Å²) in [4.78, 5) is 9.87. The molecule has 0 saturated carbocycles. The van der Waals surface area contributed by atoms with Gasteiger partial charge in [0.15, 0.2) is 0 Å². The number of carbonyl (C=O) groups excluding carboxylic acids is 1. The monoisotopic (exact) mass is 176 g/mol. The molecule has 0 aliphatic heterocycles. The lowest BCUT2D eigenvalue weighted by Gasteiger charge is -2.08. The minimum atomic E-state index is -1.79. The lowest BCUT2D eigenvalue weighted by Crippen LogP contribution is -2.38. The van der Waals surface area contributed by atoms with Crippen LogP contribution in [0.15, 0.2) is 0 Å². The second-order valence-electron chi connectivity index (χ2n) is 0.987. The summed E-state index contributed by atoms with van der Waals surface area (Å²) in [6, 6.07) is -0.870. The maximum atomic E-state index is 9.87. The van der Waals surface area contributed by atoms with E-state index in [0.717, 1.165) is 0 Å². The summed E-state index contributed by atoms with van der Waals surface area (Å²) < 4.78 is -1.79. The van der Waals surface area contributed by atoms with Gasteiger partial charge in [-0.05, 0) is 0 Å². The molecule has 0 aliphatic rings. The van der Waals surface area contributed by atoms with E-state index in [1.54, 1.807) is 0 Å². The number of urea groups is 1. The van der Waals surface area contributed by atoms with E-state index in [9.17, 15) is 4.79 Å². The van der Waals surface area contributed by atoms with Crippen LogP contribution in [0.5, 0.6) is 0 Å². The summed E-state index contributed by atoms with van der Waals surface area (Å²) in [7, 11) is 0. The highest BCUT2D eigenvalue weighted by Gasteiger charge is 2.19. The van der Waals surface area contributed by atoms with Crippen molar-refractivity contribution in [3.8, 4) is 0 Å². The van der Waals surface area contributed by atoms with E-state index in [0.29, 0.717) is 0 Å². The number of alkyl halides is 3. The number of rotatable bonds is 0. The molecule has 0 atom stereocenters. The molecule has 0 bridgehead atoms. The van der Waals surface area contributed by atoms with Gasteiger partial charge in [-0.2, -0.15) is 0 Å². The third-order valence-electron chi connectivity index (χ3n) is 0.265. The molecule has 0 aliphatic carbocycles. The molecular weight excluding hydrogens is 174 g/mol. The third kappa shape index (κ3) is 6.14. The fourth-order valence-electron chi connectivity index (χ4n) is 0.140. The molecule has 48 valence electrons. The van der Waals surface area contributed by atoms with E-state index < -0.39 is 9.95 Å². The van der Waals surface area contributed by atoms with Gasteiger partial charge in [-0.3, -0.25) is 5.32 Å². The van der Waals surface area contributed by atoms with Gasteiger partial charge in [-0.15, -0.1) is 0 Å². The van der Waals surface area contributed by atoms with Crippen LogP contribution in [0.3, 0.4) is 0 Å².